The molecule has 7 nitrogen and oxygen atoms in total. The molecule has 3 aromatic rings. The summed E-state index contributed by atoms with van der Waals surface area (Å²) in [6, 6.07) is 15.0. The Morgan fingerprint density at radius 2 is 2.00 bits per heavy atom. The van der Waals surface area contributed by atoms with Gasteiger partial charge in [-0.2, -0.15) is 0 Å². The van der Waals surface area contributed by atoms with E-state index < -0.39 is 0 Å². The maximum absolute atomic E-state index is 12.9. The van der Waals surface area contributed by atoms with Gasteiger partial charge in [-0.3, -0.25) is 14.2 Å². The number of rotatable bonds is 5. The molecule has 30 heavy (non-hydrogen) atoms. The zero-order valence-electron chi connectivity index (χ0n) is 16.6. The molecule has 2 heterocycles. The first-order valence-electron chi connectivity index (χ1n) is 9.47. The molecule has 1 unspecified atom stereocenters. The number of aromatic nitrogens is 3. The maximum atomic E-state index is 12.9. The zero-order chi connectivity index (χ0) is 21.1. The molecule has 1 N–H and O–H groups in total. The minimum atomic E-state index is -0.340. The molecular formula is C22H21N5O2S. The molecule has 0 saturated heterocycles. The van der Waals surface area contributed by atoms with Gasteiger partial charge >= 0.3 is 0 Å². The predicted octanol–water partition coefficient (Wildman–Crippen LogP) is 3.89. The number of nitrogens with zero attached hydrogens (tertiary/aromatic N) is 4. The van der Waals surface area contributed by atoms with Gasteiger partial charge in [-0.1, -0.05) is 42.1 Å². The van der Waals surface area contributed by atoms with Crippen LogP contribution in [-0.4, -0.2) is 37.7 Å². The number of nitrogens with one attached hydrogen (secondary N) is 1. The quantitative estimate of drug-likeness (QED) is 0.635. The van der Waals surface area contributed by atoms with Crippen LogP contribution in [0.1, 0.15) is 30.5 Å². The van der Waals surface area contributed by atoms with Crippen molar-refractivity contribution in [3.8, 4) is 5.69 Å². The van der Waals surface area contributed by atoms with E-state index in [1.807, 2.05) is 65.4 Å². The summed E-state index contributed by atoms with van der Waals surface area (Å²) in [6.07, 6.45) is 7.39. The normalized spacial score (nSPS) is 15.0. The molecule has 2 amide bonds. The minimum Gasteiger partial charge on any atom is -0.326 e. The van der Waals surface area contributed by atoms with Crippen molar-refractivity contribution in [3.05, 3.63) is 72.2 Å². The van der Waals surface area contributed by atoms with Crippen LogP contribution in [0, 0.1) is 0 Å². The first-order valence-corrected chi connectivity index (χ1v) is 10.7. The number of hydrogen-bond acceptors (Lipinski definition) is 5. The third kappa shape index (κ3) is 3.99. The number of carbonyl (C=O) groups is 2. The van der Waals surface area contributed by atoms with E-state index in [1.165, 1.54) is 18.7 Å². The van der Waals surface area contributed by atoms with Crippen LogP contribution in [0.15, 0.2) is 66.2 Å². The highest BCUT2D eigenvalue weighted by Crippen LogP contribution is 2.33. The molecule has 1 aromatic heterocycles. The van der Waals surface area contributed by atoms with Gasteiger partial charge in [0.1, 0.15) is 6.33 Å². The van der Waals surface area contributed by atoms with Crippen LogP contribution in [0.2, 0.25) is 0 Å². The Balaban J connectivity index is 1.54. The van der Waals surface area contributed by atoms with Crippen molar-refractivity contribution in [2.75, 3.05) is 11.6 Å². The minimum absolute atomic E-state index is 0.0993. The van der Waals surface area contributed by atoms with Crippen molar-refractivity contribution in [2.24, 2.45) is 0 Å². The third-order valence-electron chi connectivity index (χ3n) is 4.95. The van der Waals surface area contributed by atoms with Crippen molar-refractivity contribution in [2.45, 2.75) is 24.5 Å². The average molecular weight is 420 g/mol. The molecule has 0 fully saturated rings. The van der Waals surface area contributed by atoms with Crippen molar-refractivity contribution < 1.29 is 9.59 Å². The number of anilines is 1. The Labute approximate surface area is 178 Å². The summed E-state index contributed by atoms with van der Waals surface area (Å²) in [4.78, 5) is 26.6. The van der Waals surface area contributed by atoms with E-state index in [0.29, 0.717) is 5.69 Å². The molecule has 0 bridgehead atoms. The molecule has 0 spiro atoms. The van der Waals surface area contributed by atoms with E-state index in [0.717, 1.165) is 22.0 Å². The second-order valence-corrected chi connectivity index (χ2v) is 7.65. The fourth-order valence-corrected chi connectivity index (χ4v) is 4.05. The van der Waals surface area contributed by atoms with E-state index in [9.17, 15) is 9.59 Å². The fourth-order valence-electron chi connectivity index (χ4n) is 3.58. The van der Waals surface area contributed by atoms with Crippen LogP contribution in [0.3, 0.4) is 0 Å². The lowest BCUT2D eigenvalue weighted by molar-refractivity contribution is -0.129. The molecule has 8 heteroatoms. The SMILES string of the molecule is CSc1nncn1-c1cccc(NC(=O)CC2c3ccccc3C=CN2C(C)=O)c1. The summed E-state index contributed by atoms with van der Waals surface area (Å²) in [5.41, 5.74) is 3.52. The van der Waals surface area contributed by atoms with Gasteiger partial charge in [0, 0.05) is 18.8 Å². The van der Waals surface area contributed by atoms with Crippen LogP contribution in [0.4, 0.5) is 5.69 Å². The molecule has 1 atom stereocenters. The molecule has 0 aliphatic carbocycles. The Bertz CT molecular complexity index is 1120. The highest BCUT2D eigenvalue weighted by atomic mass is 32.2. The molecule has 0 saturated carbocycles. The van der Waals surface area contributed by atoms with Gasteiger partial charge in [0.25, 0.3) is 0 Å². The maximum Gasteiger partial charge on any atom is 0.226 e. The number of thioether (sulfide) groups is 1. The molecule has 0 radical (unpaired) electrons. The van der Waals surface area contributed by atoms with Gasteiger partial charge in [0.05, 0.1) is 18.2 Å². The van der Waals surface area contributed by atoms with Gasteiger partial charge < -0.3 is 10.2 Å². The second-order valence-electron chi connectivity index (χ2n) is 6.88. The van der Waals surface area contributed by atoms with Crippen molar-refractivity contribution in [3.63, 3.8) is 0 Å². The van der Waals surface area contributed by atoms with E-state index >= 15 is 0 Å². The standard InChI is InChI=1S/C22H21N5O2S/c1-15(28)26-11-10-16-6-3-4-9-19(16)20(26)13-21(29)24-17-7-5-8-18(12-17)27-14-23-25-22(27)30-2/h3-12,14,20H,13H2,1-2H3,(H,24,29). The van der Waals surface area contributed by atoms with Crippen LogP contribution >= 0.6 is 11.8 Å². The summed E-state index contributed by atoms with van der Waals surface area (Å²) >= 11 is 1.49. The monoisotopic (exact) mass is 419 g/mol. The number of benzene rings is 2. The summed E-state index contributed by atoms with van der Waals surface area (Å²) in [7, 11) is 0. The molecule has 1 aliphatic rings. The molecule has 4 rings (SSSR count). The van der Waals surface area contributed by atoms with Gasteiger partial charge in [-0.15, -0.1) is 10.2 Å². The first kappa shape index (κ1) is 19.9. The van der Waals surface area contributed by atoms with Gasteiger partial charge in [-0.05, 0) is 41.7 Å². The van der Waals surface area contributed by atoms with E-state index in [1.54, 1.807) is 17.4 Å². The number of carbonyl (C=O) groups excluding carboxylic acids is 2. The van der Waals surface area contributed by atoms with Crippen LogP contribution < -0.4 is 5.32 Å². The van der Waals surface area contributed by atoms with Crippen LogP contribution in [0.5, 0.6) is 0 Å². The number of hydrogen-bond donors (Lipinski definition) is 1. The topological polar surface area (TPSA) is 80.1 Å². The van der Waals surface area contributed by atoms with E-state index in [2.05, 4.69) is 15.5 Å². The second kappa shape index (κ2) is 8.54. The van der Waals surface area contributed by atoms with Crippen molar-refractivity contribution in [1.82, 2.24) is 19.7 Å². The summed E-state index contributed by atoms with van der Waals surface area (Å²) < 4.78 is 1.86. The van der Waals surface area contributed by atoms with Crippen LogP contribution in [-0.2, 0) is 9.59 Å². The Hall–Kier alpha value is -3.39. The number of fused-ring (bicyclic) bond motifs is 1. The van der Waals surface area contributed by atoms with Crippen LogP contribution in [0.25, 0.3) is 11.8 Å². The summed E-state index contributed by atoms with van der Waals surface area (Å²) in [5.74, 6) is -0.264. The smallest absolute Gasteiger partial charge is 0.226 e. The Morgan fingerprint density at radius 1 is 1.17 bits per heavy atom. The lowest BCUT2D eigenvalue weighted by atomic mass is 9.93. The van der Waals surface area contributed by atoms with Crippen molar-refractivity contribution >= 4 is 35.3 Å². The van der Waals surface area contributed by atoms with Gasteiger partial charge in [0.2, 0.25) is 11.8 Å². The highest BCUT2D eigenvalue weighted by Gasteiger charge is 2.28. The fraction of sp³-hybridized carbons (Fsp3) is 0.182. The summed E-state index contributed by atoms with van der Waals surface area (Å²) in [6.45, 7) is 1.51. The van der Waals surface area contributed by atoms with Gasteiger partial charge in [0.15, 0.2) is 5.16 Å². The molecular weight excluding hydrogens is 398 g/mol. The largest absolute Gasteiger partial charge is 0.326 e. The van der Waals surface area contributed by atoms with Gasteiger partial charge in [-0.25, -0.2) is 0 Å². The lowest BCUT2D eigenvalue weighted by Crippen LogP contribution is -2.33. The Morgan fingerprint density at radius 3 is 2.80 bits per heavy atom. The molecule has 152 valence electrons. The zero-order valence-corrected chi connectivity index (χ0v) is 17.5. The predicted molar refractivity (Wildman–Crippen MR) is 117 cm³/mol. The third-order valence-corrected chi connectivity index (χ3v) is 5.60. The lowest BCUT2D eigenvalue weighted by Gasteiger charge is -2.32. The van der Waals surface area contributed by atoms with Crippen molar-refractivity contribution in [1.29, 1.82) is 0 Å². The molecule has 1 aliphatic heterocycles. The Kier molecular flexibility index (Phi) is 5.67. The number of amides is 2. The molecule has 2 aromatic carbocycles. The highest BCUT2D eigenvalue weighted by molar-refractivity contribution is 7.98. The first-order chi connectivity index (χ1) is 14.6. The van der Waals surface area contributed by atoms with E-state index in [4.69, 9.17) is 0 Å². The summed E-state index contributed by atoms with van der Waals surface area (Å²) in [5, 5.41) is 11.7. The van der Waals surface area contributed by atoms with E-state index in [-0.39, 0.29) is 24.3 Å². The average Bonchev–Trinajstić information content (AvgIpc) is 3.23.